The van der Waals surface area contributed by atoms with Gasteiger partial charge in [-0.2, -0.15) is 4.68 Å². The maximum Gasteiger partial charge on any atom is 0.280 e. The van der Waals surface area contributed by atoms with Crippen molar-refractivity contribution in [3.05, 3.63) is 78.4 Å². The van der Waals surface area contributed by atoms with E-state index in [2.05, 4.69) is 51.3 Å². The molecule has 7 nitrogen and oxygen atoms in total. The minimum atomic E-state index is -0.172. The molecule has 0 unspecified atom stereocenters. The molecule has 0 spiro atoms. The van der Waals surface area contributed by atoms with E-state index in [0.29, 0.717) is 11.1 Å². The summed E-state index contributed by atoms with van der Waals surface area (Å²) < 4.78 is 7.28. The number of ether oxygens (including phenoxy) is 1. The molecule has 37 heavy (non-hydrogen) atoms. The Morgan fingerprint density at radius 2 is 1.41 bits per heavy atom. The molecular weight excluding hydrogens is 462 g/mol. The highest BCUT2D eigenvalue weighted by Crippen LogP contribution is 2.24. The van der Waals surface area contributed by atoms with E-state index in [1.54, 1.807) is 0 Å². The molecule has 0 atom stereocenters. The fraction of sp³-hybridized carbons (Fsp3) is 0.367. The molecule has 1 saturated heterocycles. The lowest BCUT2D eigenvalue weighted by molar-refractivity contribution is 0.0948. The highest BCUT2D eigenvalue weighted by molar-refractivity contribution is 6.00. The third-order valence-electron chi connectivity index (χ3n) is 7.02. The van der Waals surface area contributed by atoms with Gasteiger partial charge in [0.1, 0.15) is 11.3 Å². The number of carbonyl (C=O) groups is 1. The summed E-state index contributed by atoms with van der Waals surface area (Å²) in [6.07, 6.45) is 6.25. The first-order valence-electron chi connectivity index (χ1n) is 13.4. The summed E-state index contributed by atoms with van der Waals surface area (Å²) in [6.45, 7) is 6.78. The van der Waals surface area contributed by atoms with Crippen LogP contribution in [0.4, 0.5) is 11.4 Å². The zero-order valence-electron chi connectivity index (χ0n) is 21.6. The van der Waals surface area contributed by atoms with Crippen LogP contribution < -0.4 is 14.5 Å². The van der Waals surface area contributed by atoms with Gasteiger partial charge in [-0.25, -0.2) is 0 Å². The maximum absolute atomic E-state index is 13.0. The Balaban J connectivity index is 1.12. The summed E-state index contributed by atoms with van der Waals surface area (Å²) in [6, 6.07) is 23.8. The molecule has 2 heterocycles. The van der Waals surface area contributed by atoms with Crippen LogP contribution in [-0.4, -0.2) is 53.7 Å². The van der Waals surface area contributed by atoms with Crippen molar-refractivity contribution in [1.82, 2.24) is 15.0 Å². The summed E-state index contributed by atoms with van der Waals surface area (Å²) in [4.78, 5) is 17.8. The number of nitrogens with zero attached hydrogens (tertiary/aromatic N) is 5. The molecule has 7 heteroatoms. The summed E-state index contributed by atoms with van der Waals surface area (Å²) >= 11 is 0. The van der Waals surface area contributed by atoms with Crippen molar-refractivity contribution in [3.8, 4) is 5.75 Å². The van der Waals surface area contributed by atoms with Gasteiger partial charge in [-0.1, -0.05) is 50.0 Å². The summed E-state index contributed by atoms with van der Waals surface area (Å²) in [5.74, 6) is 0.778. The van der Waals surface area contributed by atoms with E-state index in [-0.39, 0.29) is 5.91 Å². The van der Waals surface area contributed by atoms with Crippen molar-refractivity contribution >= 4 is 28.3 Å². The largest absolute Gasteiger partial charge is 0.494 e. The SMILES string of the molecule is CCCCCCCOc1ccc(N2CCN(c3ccc(C(=O)n4nnc5ccccc54)cc3)CC2)cc1. The van der Waals surface area contributed by atoms with Crippen LogP contribution in [0, 0.1) is 0 Å². The standard InChI is InChI=1S/C30H35N5O2/c1-2-3-4-5-8-23-37-27-17-15-26(16-18-27)34-21-19-33(20-22-34)25-13-11-24(12-14-25)30(36)35-29-10-7-6-9-28(29)31-32-35/h6-7,9-18H,2-5,8,19-23H2,1H3. The quantitative estimate of drug-likeness (QED) is 0.258. The van der Waals surface area contributed by atoms with Crippen molar-refractivity contribution < 1.29 is 9.53 Å². The smallest absolute Gasteiger partial charge is 0.280 e. The minimum Gasteiger partial charge on any atom is -0.494 e. The Hall–Kier alpha value is -3.87. The average molecular weight is 498 g/mol. The number of rotatable bonds is 10. The Bertz CT molecular complexity index is 1290. The molecule has 1 aliphatic rings. The van der Waals surface area contributed by atoms with Crippen molar-refractivity contribution in [3.63, 3.8) is 0 Å². The van der Waals surface area contributed by atoms with E-state index in [1.165, 1.54) is 36.1 Å². The zero-order chi connectivity index (χ0) is 25.5. The third kappa shape index (κ3) is 5.93. The molecule has 1 aromatic heterocycles. The molecular formula is C30H35N5O2. The maximum atomic E-state index is 13.0. The first kappa shape index (κ1) is 24.8. The zero-order valence-corrected chi connectivity index (χ0v) is 21.6. The number of aromatic nitrogens is 3. The van der Waals surface area contributed by atoms with Gasteiger partial charge >= 0.3 is 0 Å². The number of piperazine rings is 1. The molecule has 0 amide bonds. The van der Waals surface area contributed by atoms with E-state index in [4.69, 9.17) is 4.74 Å². The van der Waals surface area contributed by atoms with Crippen LogP contribution in [-0.2, 0) is 0 Å². The average Bonchev–Trinajstić information content (AvgIpc) is 3.39. The second-order valence-corrected chi connectivity index (χ2v) is 9.57. The predicted octanol–water partition coefficient (Wildman–Crippen LogP) is 5.80. The number of anilines is 2. The predicted molar refractivity (Wildman–Crippen MR) is 149 cm³/mol. The number of benzene rings is 3. The van der Waals surface area contributed by atoms with Gasteiger partial charge in [-0.05, 0) is 67.1 Å². The number of para-hydroxylation sites is 1. The number of unbranched alkanes of at least 4 members (excludes halogenated alkanes) is 4. The van der Waals surface area contributed by atoms with Crippen LogP contribution in [0.1, 0.15) is 49.4 Å². The van der Waals surface area contributed by atoms with Gasteiger partial charge in [0.2, 0.25) is 0 Å². The Labute approximate surface area is 218 Å². The van der Waals surface area contributed by atoms with Crippen LogP contribution in [0.3, 0.4) is 0 Å². The molecule has 1 fully saturated rings. The minimum absolute atomic E-state index is 0.172. The lowest BCUT2D eigenvalue weighted by atomic mass is 10.1. The number of hydrogen-bond acceptors (Lipinski definition) is 6. The molecule has 3 aromatic carbocycles. The van der Waals surface area contributed by atoms with E-state index in [1.807, 2.05) is 48.5 Å². The normalized spacial score (nSPS) is 13.8. The van der Waals surface area contributed by atoms with Gasteiger partial charge in [0, 0.05) is 43.1 Å². The number of carbonyl (C=O) groups excluding carboxylic acids is 1. The second-order valence-electron chi connectivity index (χ2n) is 9.57. The highest BCUT2D eigenvalue weighted by atomic mass is 16.5. The molecule has 4 aromatic rings. The fourth-order valence-electron chi connectivity index (χ4n) is 4.83. The highest BCUT2D eigenvalue weighted by Gasteiger charge is 2.19. The molecule has 192 valence electrons. The molecule has 0 N–H and O–H groups in total. The lowest BCUT2D eigenvalue weighted by Crippen LogP contribution is -2.46. The Kier molecular flexibility index (Phi) is 7.99. The van der Waals surface area contributed by atoms with Gasteiger partial charge in [0.25, 0.3) is 5.91 Å². The van der Waals surface area contributed by atoms with Gasteiger partial charge in [-0.15, -0.1) is 5.10 Å². The summed E-state index contributed by atoms with van der Waals surface area (Å²) in [7, 11) is 0. The van der Waals surface area contributed by atoms with Crippen molar-refractivity contribution in [2.45, 2.75) is 39.0 Å². The van der Waals surface area contributed by atoms with Crippen LogP contribution in [0.25, 0.3) is 11.0 Å². The molecule has 5 rings (SSSR count). The van der Waals surface area contributed by atoms with Gasteiger partial charge in [0.05, 0.1) is 12.1 Å². The summed E-state index contributed by atoms with van der Waals surface area (Å²) in [5, 5.41) is 8.14. The fourth-order valence-corrected chi connectivity index (χ4v) is 4.83. The van der Waals surface area contributed by atoms with Crippen molar-refractivity contribution in [2.75, 3.05) is 42.6 Å². The van der Waals surface area contributed by atoms with Crippen molar-refractivity contribution in [1.29, 1.82) is 0 Å². The first-order valence-corrected chi connectivity index (χ1v) is 13.4. The van der Waals surface area contributed by atoms with E-state index in [9.17, 15) is 4.79 Å². The van der Waals surface area contributed by atoms with E-state index in [0.717, 1.165) is 56.2 Å². The third-order valence-corrected chi connectivity index (χ3v) is 7.02. The molecule has 0 bridgehead atoms. The molecule has 0 radical (unpaired) electrons. The van der Waals surface area contributed by atoms with E-state index < -0.39 is 0 Å². The lowest BCUT2D eigenvalue weighted by Gasteiger charge is -2.37. The number of fused-ring (bicyclic) bond motifs is 1. The molecule has 0 saturated carbocycles. The van der Waals surface area contributed by atoms with Crippen molar-refractivity contribution in [2.24, 2.45) is 0 Å². The van der Waals surface area contributed by atoms with Crippen LogP contribution in [0.5, 0.6) is 5.75 Å². The van der Waals surface area contributed by atoms with E-state index >= 15 is 0 Å². The van der Waals surface area contributed by atoms with Gasteiger partial charge in [0.15, 0.2) is 0 Å². The topological polar surface area (TPSA) is 63.5 Å². The van der Waals surface area contributed by atoms with Crippen LogP contribution in [0.15, 0.2) is 72.8 Å². The first-order chi connectivity index (χ1) is 18.2. The Morgan fingerprint density at radius 3 is 2.08 bits per heavy atom. The second kappa shape index (κ2) is 11.9. The van der Waals surface area contributed by atoms with Gasteiger partial charge < -0.3 is 14.5 Å². The van der Waals surface area contributed by atoms with Gasteiger partial charge in [-0.3, -0.25) is 4.79 Å². The molecule has 0 aliphatic carbocycles. The number of hydrogen-bond donors (Lipinski definition) is 0. The van der Waals surface area contributed by atoms with Crippen LogP contribution in [0.2, 0.25) is 0 Å². The van der Waals surface area contributed by atoms with Crippen LogP contribution >= 0.6 is 0 Å². The molecule has 1 aliphatic heterocycles. The monoisotopic (exact) mass is 497 g/mol. The Morgan fingerprint density at radius 1 is 0.784 bits per heavy atom. The summed E-state index contributed by atoms with van der Waals surface area (Å²) in [5.41, 5.74) is 4.39.